The molecule has 0 heterocycles. The van der Waals surface area contributed by atoms with Crippen LogP contribution in [0.3, 0.4) is 0 Å². The Morgan fingerprint density at radius 3 is 2.50 bits per heavy atom. The molecule has 0 amide bonds. The Morgan fingerprint density at radius 1 is 1.50 bits per heavy atom. The van der Waals surface area contributed by atoms with Gasteiger partial charge in [0.15, 0.2) is 0 Å². The fourth-order valence-corrected chi connectivity index (χ4v) is 0.743. The smallest absolute Gasteiger partial charge is 0.0141 e. The van der Waals surface area contributed by atoms with Crippen molar-refractivity contribution in [2.75, 3.05) is 6.54 Å². The molecular weight excluding hydrogens is 122 g/mol. The van der Waals surface area contributed by atoms with Crippen LogP contribution in [0.15, 0.2) is 23.9 Å². The maximum absolute atomic E-state index is 3.79. The van der Waals surface area contributed by atoms with Gasteiger partial charge in [-0.1, -0.05) is 19.1 Å². The normalized spacial score (nSPS) is 11.3. The average Bonchev–Trinajstić information content (AvgIpc) is 1.82. The highest BCUT2D eigenvalue weighted by Crippen LogP contribution is 1.94. The molecule has 0 saturated heterocycles. The molecule has 0 atom stereocenters. The molecule has 0 saturated carbocycles. The zero-order chi connectivity index (χ0) is 7.98. The van der Waals surface area contributed by atoms with Gasteiger partial charge in [-0.25, -0.2) is 0 Å². The largest absolute Gasteiger partial charge is 0.389 e. The van der Waals surface area contributed by atoms with Crippen LogP contribution in [0.5, 0.6) is 0 Å². The lowest BCUT2D eigenvalue weighted by molar-refractivity contribution is 0.769. The summed E-state index contributed by atoms with van der Waals surface area (Å²) in [5.41, 5.74) is 2.30. The molecule has 1 nitrogen and oxygen atoms in total. The molecule has 0 spiro atoms. The molecule has 0 aliphatic rings. The van der Waals surface area contributed by atoms with Crippen LogP contribution in [0.1, 0.15) is 27.2 Å². The second-order valence-electron chi connectivity index (χ2n) is 2.60. The van der Waals surface area contributed by atoms with E-state index < -0.39 is 0 Å². The van der Waals surface area contributed by atoms with Crippen molar-refractivity contribution in [2.45, 2.75) is 27.2 Å². The molecule has 0 rings (SSSR count). The molecule has 0 bridgehead atoms. The quantitative estimate of drug-likeness (QED) is 0.590. The van der Waals surface area contributed by atoms with E-state index in [4.69, 9.17) is 0 Å². The second kappa shape index (κ2) is 5.10. The maximum Gasteiger partial charge on any atom is 0.0141 e. The Bertz CT molecular complexity index is 134. The van der Waals surface area contributed by atoms with Crippen molar-refractivity contribution in [1.29, 1.82) is 0 Å². The van der Waals surface area contributed by atoms with Crippen molar-refractivity contribution in [3.63, 3.8) is 0 Å². The van der Waals surface area contributed by atoms with Crippen molar-refractivity contribution in [3.8, 4) is 0 Å². The molecule has 0 aliphatic heterocycles. The van der Waals surface area contributed by atoms with E-state index in [1.54, 1.807) is 0 Å². The predicted molar refractivity (Wildman–Crippen MR) is 46.9 cm³/mol. The van der Waals surface area contributed by atoms with E-state index in [2.05, 4.69) is 31.8 Å². The monoisotopic (exact) mass is 139 g/mol. The predicted octanol–water partition coefficient (Wildman–Crippen LogP) is 2.47. The van der Waals surface area contributed by atoms with Crippen LogP contribution in [0, 0.1) is 0 Å². The van der Waals surface area contributed by atoms with Gasteiger partial charge in [-0.15, -0.1) is 0 Å². The topological polar surface area (TPSA) is 12.0 Å². The summed E-state index contributed by atoms with van der Waals surface area (Å²) in [6.45, 7) is 11.0. The molecule has 0 aromatic heterocycles. The van der Waals surface area contributed by atoms with Gasteiger partial charge in [-0.05, 0) is 26.3 Å². The van der Waals surface area contributed by atoms with Gasteiger partial charge in [0.25, 0.3) is 0 Å². The number of allylic oxidation sites excluding steroid dienone is 3. The molecule has 58 valence electrons. The summed E-state index contributed by atoms with van der Waals surface area (Å²) in [5, 5.41) is 3.26. The van der Waals surface area contributed by atoms with Crippen molar-refractivity contribution < 1.29 is 0 Å². The summed E-state index contributed by atoms with van der Waals surface area (Å²) in [6.07, 6.45) is 3.22. The van der Waals surface area contributed by atoms with Gasteiger partial charge in [-0.2, -0.15) is 0 Å². The third-order valence-electron chi connectivity index (χ3n) is 1.12. The van der Waals surface area contributed by atoms with Crippen LogP contribution in [0.4, 0.5) is 0 Å². The first-order chi connectivity index (χ1) is 4.66. The third-order valence-corrected chi connectivity index (χ3v) is 1.12. The van der Waals surface area contributed by atoms with Crippen LogP contribution >= 0.6 is 0 Å². The first-order valence-corrected chi connectivity index (χ1v) is 3.74. The summed E-state index contributed by atoms with van der Waals surface area (Å²) < 4.78 is 0. The molecule has 0 radical (unpaired) electrons. The highest BCUT2D eigenvalue weighted by molar-refractivity contribution is 5.15. The Labute approximate surface area is 63.8 Å². The molecule has 0 aromatic rings. The van der Waals surface area contributed by atoms with Crippen molar-refractivity contribution in [1.82, 2.24) is 5.32 Å². The fraction of sp³-hybridized carbons (Fsp3) is 0.556. The first-order valence-electron chi connectivity index (χ1n) is 3.74. The Morgan fingerprint density at radius 2 is 2.10 bits per heavy atom. The molecule has 1 heteroatoms. The SMILES string of the molecule is C=C(C)/C=C(/C)NCCC. The standard InChI is InChI=1S/C9H17N/c1-5-6-10-9(4)7-8(2)3/h7,10H,2,5-6H2,1,3-4H3/b9-7-. The van der Waals surface area contributed by atoms with Gasteiger partial charge in [0.2, 0.25) is 0 Å². The Balaban J connectivity index is 3.60. The molecule has 1 N–H and O–H groups in total. The Kier molecular flexibility index (Phi) is 4.73. The highest BCUT2D eigenvalue weighted by Gasteiger charge is 1.84. The zero-order valence-electron chi connectivity index (χ0n) is 7.20. The lowest BCUT2D eigenvalue weighted by atomic mass is 10.3. The van der Waals surface area contributed by atoms with Gasteiger partial charge >= 0.3 is 0 Å². The van der Waals surface area contributed by atoms with Crippen LogP contribution < -0.4 is 5.32 Å². The summed E-state index contributed by atoms with van der Waals surface area (Å²) in [4.78, 5) is 0. The average molecular weight is 139 g/mol. The van der Waals surface area contributed by atoms with E-state index in [0.29, 0.717) is 0 Å². The van der Waals surface area contributed by atoms with Crippen LogP contribution in [0.25, 0.3) is 0 Å². The third kappa shape index (κ3) is 5.42. The second-order valence-corrected chi connectivity index (χ2v) is 2.60. The van der Waals surface area contributed by atoms with Crippen LogP contribution in [-0.2, 0) is 0 Å². The van der Waals surface area contributed by atoms with Crippen molar-refractivity contribution in [2.24, 2.45) is 0 Å². The molecule has 10 heavy (non-hydrogen) atoms. The van der Waals surface area contributed by atoms with E-state index in [9.17, 15) is 0 Å². The molecule has 0 unspecified atom stereocenters. The minimum absolute atomic E-state index is 1.05. The fourth-order valence-electron chi connectivity index (χ4n) is 0.743. The number of nitrogens with one attached hydrogen (secondary N) is 1. The van der Waals surface area contributed by atoms with E-state index in [1.807, 2.05) is 6.92 Å². The summed E-state index contributed by atoms with van der Waals surface area (Å²) in [7, 11) is 0. The minimum Gasteiger partial charge on any atom is -0.389 e. The summed E-state index contributed by atoms with van der Waals surface area (Å²) in [6, 6.07) is 0. The zero-order valence-corrected chi connectivity index (χ0v) is 7.20. The Hall–Kier alpha value is -0.720. The molecule has 0 aliphatic carbocycles. The summed E-state index contributed by atoms with van der Waals surface area (Å²) >= 11 is 0. The number of hydrogen-bond donors (Lipinski definition) is 1. The van der Waals surface area contributed by atoms with Crippen LogP contribution in [0.2, 0.25) is 0 Å². The number of hydrogen-bond acceptors (Lipinski definition) is 1. The lowest BCUT2D eigenvalue weighted by Gasteiger charge is -2.03. The van der Waals surface area contributed by atoms with E-state index >= 15 is 0 Å². The van der Waals surface area contributed by atoms with Gasteiger partial charge < -0.3 is 5.32 Å². The van der Waals surface area contributed by atoms with Gasteiger partial charge in [-0.3, -0.25) is 0 Å². The van der Waals surface area contributed by atoms with E-state index in [-0.39, 0.29) is 0 Å². The number of rotatable bonds is 4. The highest BCUT2D eigenvalue weighted by atomic mass is 14.9. The minimum atomic E-state index is 1.05. The molecular formula is C9H17N. The first kappa shape index (κ1) is 9.28. The van der Waals surface area contributed by atoms with Gasteiger partial charge in [0, 0.05) is 12.2 Å². The maximum atomic E-state index is 3.79. The summed E-state index contributed by atoms with van der Waals surface area (Å²) in [5.74, 6) is 0. The molecule has 0 fully saturated rings. The molecule has 0 aromatic carbocycles. The van der Waals surface area contributed by atoms with Crippen molar-refractivity contribution >= 4 is 0 Å². The van der Waals surface area contributed by atoms with Crippen molar-refractivity contribution in [3.05, 3.63) is 23.9 Å². The van der Waals surface area contributed by atoms with E-state index in [0.717, 1.165) is 12.1 Å². The lowest BCUT2D eigenvalue weighted by Crippen LogP contribution is -2.11. The van der Waals surface area contributed by atoms with Crippen LogP contribution in [-0.4, -0.2) is 6.54 Å². The van der Waals surface area contributed by atoms with E-state index in [1.165, 1.54) is 12.1 Å². The van der Waals surface area contributed by atoms with Gasteiger partial charge in [0.1, 0.15) is 0 Å². The van der Waals surface area contributed by atoms with Gasteiger partial charge in [0.05, 0.1) is 0 Å².